The topological polar surface area (TPSA) is 162 Å². The van der Waals surface area contributed by atoms with Crippen LogP contribution in [0.25, 0.3) is 0 Å². The highest BCUT2D eigenvalue weighted by atomic mass is 32.2. The number of amides is 1. The molecule has 1 fully saturated rings. The van der Waals surface area contributed by atoms with Crippen LogP contribution >= 0.6 is 11.8 Å². The number of nitrogens with zero attached hydrogens (tertiary/aromatic N) is 3. The molecule has 7 rings (SSSR count). The number of unbranched alkanes of at least 4 members (excludes halogenated alkanes) is 2. The SMILES string of the molecule is C=CCO[C@@]12Oc3ccc(OCCSc4ccccc4)cc3[C@H]3[C@H](CCCCO)[C@@H](CCCCO)C=C(C(=NOCc4ccc([N+](=O)[O-])cc4)C[C@@H]1N(Cc1ccc(F)cc1)C(=O)OCC)[C@H]32. The van der Waals surface area contributed by atoms with Gasteiger partial charge in [-0.3, -0.25) is 15.0 Å². The summed E-state index contributed by atoms with van der Waals surface area (Å²) < 4.78 is 40.9. The maximum atomic E-state index is 14.5. The van der Waals surface area contributed by atoms with E-state index in [4.69, 9.17) is 28.9 Å². The summed E-state index contributed by atoms with van der Waals surface area (Å²) >= 11 is 1.71. The summed E-state index contributed by atoms with van der Waals surface area (Å²) in [5.74, 6) is -0.916. The van der Waals surface area contributed by atoms with Crippen LogP contribution in [0.4, 0.5) is 14.9 Å². The van der Waals surface area contributed by atoms with Crippen LogP contribution in [0.2, 0.25) is 0 Å². The lowest BCUT2D eigenvalue weighted by Gasteiger charge is -2.59. The third-order valence-corrected chi connectivity index (χ3v) is 13.7. The summed E-state index contributed by atoms with van der Waals surface area (Å²) in [4.78, 5) is 34.3. The van der Waals surface area contributed by atoms with Crippen LogP contribution in [-0.2, 0) is 27.5 Å². The molecule has 4 aromatic rings. The number of carbonyl (C=O) groups excluding carboxylic acids is 1. The van der Waals surface area contributed by atoms with Crippen LogP contribution in [-0.4, -0.2) is 82.5 Å². The average Bonchev–Trinajstić information content (AvgIpc) is 3.34. The predicted octanol–water partition coefficient (Wildman–Crippen LogP) is 10.4. The number of allylic oxidation sites excluding steroid dienone is 1. The van der Waals surface area contributed by atoms with Gasteiger partial charge >= 0.3 is 6.09 Å². The first-order valence-corrected chi connectivity index (χ1v) is 24.1. The van der Waals surface area contributed by atoms with E-state index in [0.717, 1.165) is 47.5 Å². The minimum atomic E-state index is -1.55. The number of oxime groups is 1. The maximum absolute atomic E-state index is 14.5. The third kappa shape index (κ3) is 11.9. The quantitative estimate of drug-likeness (QED) is 0.0226. The lowest BCUT2D eigenvalue weighted by atomic mass is 9.55. The molecule has 13 nitrogen and oxygen atoms in total. The molecule has 2 N–H and O–H groups in total. The van der Waals surface area contributed by atoms with E-state index in [2.05, 4.69) is 30.9 Å². The summed E-state index contributed by atoms with van der Waals surface area (Å²) in [6.45, 7) is 6.48. The van der Waals surface area contributed by atoms with E-state index in [1.54, 1.807) is 53.9 Å². The van der Waals surface area contributed by atoms with Crippen molar-refractivity contribution in [3.63, 3.8) is 0 Å². The van der Waals surface area contributed by atoms with E-state index < -0.39 is 34.6 Å². The van der Waals surface area contributed by atoms with Crippen LogP contribution in [0.5, 0.6) is 11.5 Å². The van der Waals surface area contributed by atoms with Gasteiger partial charge in [-0.15, -0.1) is 18.3 Å². The van der Waals surface area contributed by atoms with E-state index in [1.807, 2.05) is 30.3 Å². The molecule has 0 spiro atoms. The molecule has 356 valence electrons. The smallest absolute Gasteiger partial charge is 0.410 e. The van der Waals surface area contributed by atoms with Gasteiger partial charge in [-0.05, 0) is 116 Å². The zero-order valence-electron chi connectivity index (χ0n) is 37.9. The number of thioether (sulfide) groups is 1. The zero-order valence-corrected chi connectivity index (χ0v) is 38.7. The van der Waals surface area contributed by atoms with Crippen molar-refractivity contribution in [1.29, 1.82) is 0 Å². The first-order chi connectivity index (χ1) is 32.7. The van der Waals surface area contributed by atoms with Gasteiger partial charge in [0.1, 0.15) is 30.0 Å². The molecule has 3 aliphatic rings. The van der Waals surface area contributed by atoms with Crippen LogP contribution in [0.15, 0.2) is 131 Å². The predicted molar refractivity (Wildman–Crippen MR) is 254 cm³/mol. The Morgan fingerprint density at radius 3 is 2.43 bits per heavy atom. The standard InChI is InChI=1S/C52H60FN3O10S/c1-3-28-64-52-48(55(51(59)62-4-2)34-36-16-20-39(53)21-17-36)33-46(54-65-35-37-18-22-40(23-19-37)56(60)61)44-31-38(12-8-10-26-57)43(15-9-11-27-58)49(50(44)52)45-32-41(24-25-47(45)66-52)63-29-30-67-42-13-6-5-7-14-42/h3,5-7,13-14,16-25,31-32,38,43,48-50,57-58H,1,4,8-12,15,26-30,33-35H2,2H3/t38-,43+,48-,49+,50+,52+/m0/s1. The summed E-state index contributed by atoms with van der Waals surface area (Å²) in [6, 6.07) is 27.2. The van der Waals surface area contributed by atoms with Gasteiger partial charge in [0.2, 0.25) is 5.79 Å². The van der Waals surface area contributed by atoms with Crippen molar-refractivity contribution < 1.29 is 48.1 Å². The Bertz CT molecular complexity index is 2330. The van der Waals surface area contributed by atoms with Crippen LogP contribution in [0.1, 0.15) is 74.5 Å². The number of aliphatic hydroxyl groups is 2. The van der Waals surface area contributed by atoms with Gasteiger partial charge < -0.3 is 34.0 Å². The molecular formula is C52H60FN3O10S. The van der Waals surface area contributed by atoms with Gasteiger partial charge in [-0.1, -0.05) is 60.5 Å². The van der Waals surface area contributed by atoms with E-state index >= 15 is 0 Å². The number of nitro groups is 1. The molecule has 15 heteroatoms. The summed E-state index contributed by atoms with van der Waals surface area (Å²) in [5.41, 5.74) is 3.58. The molecule has 6 atom stereocenters. The van der Waals surface area contributed by atoms with Crippen molar-refractivity contribution in [3.8, 4) is 11.5 Å². The summed E-state index contributed by atoms with van der Waals surface area (Å²) in [5, 5.41) is 36.2. The highest BCUT2D eigenvalue weighted by Gasteiger charge is 2.65. The molecule has 67 heavy (non-hydrogen) atoms. The molecule has 0 unspecified atom stereocenters. The van der Waals surface area contributed by atoms with Crippen molar-refractivity contribution in [2.45, 2.75) is 87.7 Å². The fourth-order valence-electron chi connectivity index (χ4n) is 9.77. The number of fused-ring (bicyclic) bond motifs is 2. The largest absolute Gasteiger partial charge is 0.493 e. The van der Waals surface area contributed by atoms with Gasteiger partial charge in [0.25, 0.3) is 5.69 Å². The lowest BCUT2D eigenvalue weighted by molar-refractivity contribution is -0.384. The molecule has 1 aliphatic heterocycles. The Kier molecular flexibility index (Phi) is 17.5. The molecule has 1 amide bonds. The Morgan fingerprint density at radius 1 is 1.00 bits per heavy atom. The number of rotatable bonds is 24. The Labute approximate surface area is 395 Å². The fraction of sp³-hybridized carbons (Fsp3) is 0.423. The number of ether oxygens (including phenoxy) is 4. The first-order valence-electron chi connectivity index (χ1n) is 23.1. The number of non-ortho nitro benzene ring substituents is 1. The number of aliphatic hydroxyl groups excluding tert-OH is 2. The Morgan fingerprint density at radius 2 is 1.73 bits per heavy atom. The second-order valence-corrected chi connectivity index (χ2v) is 18.1. The minimum absolute atomic E-state index is 0.00630. The third-order valence-electron chi connectivity index (χ3n) is 12.7. The van der Waals surface area contributed by atoms with Crippen molar-refractivity contribution in [3.05, 3.63) is 154 Å². The van der Waals surface area contributed by atoms with Crippen molar-refractivity contribution in [2.24, 2.45) is 22.9 Å². The second-order valence-electron chi connectivity index (χ2n) is 16.9. The number of hydrogen-bond donors (Lipinski definition) is 2. The minimum Gasteiger partial charge on any atom is -0.493 e. The number of carbonyl (C=O) groups is 1. The Balaban J connectivity index is 1.39. The van der Waals surface area contributed by atoms with Gasteiger partial charge in [0.05, 0.1) is 36.4 Å². The van der Waals surface area contributed by atoms with E-state index in [1.165, 1.54) is 24.3 Å². The van der Waals surface area contributed by atoms with Crippen LogP contribution in [0.3, 0.4) is 0 Å². The molecule has 4 aromatic carbocycles. The average molecular weight is 938 g/mol. The molecular weight excluding hydrogens is 878 g/mol. The van der Waals surface area contributed by atoms with Gasteiger partial charge in [-0.2, -0.15) is 0 Å². The number of hydrogen-bond acceptors (Lipinski definition) is 12. The highest BCUT2D eigenvalue weighted by molar-refractivity contribution is 7.99. The zero-order chi connectivity index (χ0) is 47.2. The van der Waals surface area contributed by atoms with E-state index in [9.17, 15) is 29.5 Å². The van der Waals surface area contributed by atoms with Gasteiger partial charge in [0.15, 0.2) is 0 Å². The van der Waals surface area contributed by atoms with E-state index in [-0.39, 0.29) is 69.4 Å². The molecule has 0 aromatic heterocycles. The summed E-state index contributed by atoms with van der Waals surface area (Å²) in [6.07, 6.45) is 7.63. The first kappa shape index (κ1) is 49.2. The van der Waals surface area contributed by atoms with Crippen LogP contribution in [0, 0.1) is 33.7 Å². The second kappa shape index (κ2) is 23.8. The molecule has 0 saturated heterocycles. The maximum Gasteiger partial charge on any atom is 0.410 e. The molecule has 2 aliphatic carbocycles. The van der Waals surface area contributed by atoms with Crippen molar-refractivity contribution in [1.82, 2.24) is 4.90 Å². The van der Waals surface area contributed by atoms with Gasteiger partial charge in [-0.25, -0.2) is 9.18 Å². The molecule has 0 bridgehead atoms. The monoisotopic (exact) mass is 937 g/mol. The normalized spacial score (nSPS) is 22.1. The fourth-order valence-corrected chi connectivity index (χ4v) is 10.5. The van der Waals surface area contributed by atoms with Crippen molar-refractivity contribution in [2.75, 3.05) is 38.8 Å². The lowest BCUT2D eigenvalue weighted by Crippen LogP contribution is -2.70. The van der Waals surface area contributed by atoms with E-state index in [0.29, 0.717) is 47.8 Å². The number of nitro benzene ring substituents is 1. The highest BCUT2D eigenvalue weighted by Crippen LogP contribution is 2.62. The number of halogens is 1. The molecule has 0 radical (unpaired) electrons. The van der Waals surface area contributed by atoms with Crippen LogP contribution < -0.4 is 9.47 Å². The molecule has 1 heterocycles. The van der Waals surface area contributed by atoms with Gasteiger partial charge in [0, 0.05) is 60.4 Å². The number of benzene rings is 4. The summed E-state index contributed by atoms with van der Waals surface area (Å²) in [7, 11) is 0. The Hall–Kier alpha value is -5.74. The van der Waals surface area contributed by atoms with Crippen molar-refractivity contribution >= 4 is 29.3 Å². The molecule has 1 saturated carbocycles.